The Morgan fingerprint density at radius 1 is 1.15 bits per heavy atom. The maximum atomic E-state index is 2.39. The molecule has 0 amide bonds. The minimum atomic E-state index is 0.875. The standard InChI is InChI=1S/C13H18/c1-3-11-9-13-7-5-4-6-12(13)8-10(11)2/h4-7,10-11H,3,8-9H2,1-2H3. The van der Waals surface area contributed by atoms with Gasteiger partial charge in [0.1, 0.15) is 0 Å². The van der Waals surface area contributed by atoms with Crippen molar-refractivity contribution in [1.29, 1.82) is 0 Å². The van der Waals surface area contributed by atoms with Crippen molar-refractivity contribution in [2.24, 2.45) is 11.8 Å². The molecule has 0 N–H and O–H groups in total. The molecule has 0 heteroatoms. The number of hydrogen-bond acceptors (Lipinski definition) is 0. The van der Waals surface area contributed by atoms with E-state index < -0.39 is 0 Å². The summed E-state index contributed by atoms with van der Waals surface area (Å²) in [6, 6.07) is 8.92. The zero-order valence-electron chi connectivity index (χ0n) is 8.59. The molecule has 0 aromatic heterocycles. The van der Waals surface area contributed by atoms with Crippen LogP contribution in [0, 0.1) is 11.8 Å². The minimum absolute atomic E-state index is 0.875. The smallest absolute Gasteiger partial charge is 0.0245 e. The quantitative estimate of drug-likeness (QED) is 0.611. The van der Waals surface area contributed by atoms with Crippen molar-refractivity contribution >= 4 is 0 Å². The lowest BCUT2D eigenvalue weighted by Gasteiger charge is -2.29. The predicted molar refractivity (Wildman–Crippen MR) is 56.8 cm³/mol. The van der Waals surface area contributed by atoms with Crippen LogP contribution in [0.3, 0.4) is 0 Å². The molecule has 1 aliphatic rings. The van der Waals surface area contributed by atoms with E-state index in [4.69, 9.17) is 0 Å². The molecule has 0 spiro atoms. The molecule has 1 aromatic rings. The highest BCUT2D eigenvalue weighted by molar-refractivity contribution is 5.30. The van der Waals surface area contributed by atoms with E-state index >= 15 is 0 Å². The molecule has 0 heterocycles. The molecular formula is C13H18. The molecule has 0 saturated heterocycles. The van der Waals surface area contributed by atoms with Gasteiger partial charge in [0.05, 0.1) is 0 Å². The molecule has 70 valence electrons. The zero-order chi connectivity index (χ0) is 9.26. The van der Waals surface area contributed by atoms with Crippen molar-refractivity contribution in [3.05, 3.63) is 35.4 Å². The van der Waals surface area contributed by atoms with Crippen LogP contribution in [-0.4, -0.2) is 0 Å². The third-order valence-electron chi connectivity index (χ3n) is 3.47. The van der Waals surface area contributed by atoms with Crippen LogP contribution < -0.4 is 0 Å². The van der Waals surface area contributed by atoms with Crippen molar-refractivity contribution in [3.63, 3.8) is 0 Å². The van der Waals surface area contributed by atoms with Gasteiger partial charge in [-0.05, 0) is 35.8 Å². The number of fused-ring (bicyclic) bond motifs is 1. The molecule has 0 radical (unpaired) electrons. The van der Waals surface area contributed by atoms with E-state index in [1.54, 1.807) is 11.1 Å². The summed E-state index contributed by atoms with van der Waals surface area (Å²) < 4.78 is 0. The third-order valence-corrected chi connectivity index (χ3v) is 3.47. The van der Waals surface area contributed by atoms with Crippen LogP contribution in [0.2, 0.25) is 0 Å². The van der Waals surface area contributed by atoms with Crippen LogP contribution in [0.5, 0.6) is 0 Å². The average molecular weight is 174 g/mol. The molecule has 1 aliphatic carbocycles. The first kappa shape index (κ1) is 8.80. The number of benzene rings is 1. The van der Waals surface area contributed by atoms with E-state index in [1.165, 1.54) is 19.3 Å². The van der Waals surface area contributed by atoms with Gasteiger partial charge in [-0.15, -0.1) is 0 Å². The lowest BCUT2D eigenvalue weighted by molar-refractivity contribution is 0.323. The van der Waals surface area contributed by atoms with Gasteiger partial charge in [0.15, 0.2) is 0 Å². The molecule has 0 saturated carbocycles. The van der Waals surface area contributed by atoms with Gasteiger partial charge in [-0.1, -0.05) is 44.5 Å². The van der Waals surface area contributed by atoms with Crippen LogP contribution in [0.1, 0.15) is 31.4 Å². The SMILES string of the molecule is CCC1Cc2ccccc2CC1C. The summed E-state index contributed by atoms with van der Waals surface area (Å²) in [5, 5.41) is 0. The Morgan fingerprint density at radius 2 is 1.77 bits per heavy atom. The third kappa shape index (κ3) is 1.63. The maximum Gasteiger partial charge on any atom is -0.0245 e. The van der Waals surface area contributed by atoms with E-state index in [0.717, 1.165) is 11.8 Å². The van der Waals surface area contributed by atoms with Gasteiger partial charge in [0.25, 0.3) is 0 Å². The van der Waals surface area contributed by atoms with Gasteiger partial charge in [0.2, 0.25) is 0 Å². The molecule has 13 heavy (non-hydrogen) atoms. The fourth-order valence-electron chi connectivity index (χ4n) is 2.50. The summed E-state index contributed by atoms with van der Waals surface area (Å²) in [6.45, 7) is 4.71. The Labute approximate surface area is 81.0 Å². The van der Waals surface area contributed by atoms with Gasteiger partial charge >= 0.3 is 0 Å². The number of hydrogen-bond donors (Lipinski definition) is 0. The van der Waals surface area contributed by atoms with Crippen molar-refractivity contribution in [3.8, 4) is 0 Å². The summed E-state index contributed by atoms with van der Waals surface area (Å²) in [7, 11) is 0. The largest absolute Gasteiger partial charge is 0.0651 e. The van der Waals surface area contributed by atoms with E-state index in [9.17, 15) is 0 Å². The second kappa shape index (κ2) is 3.53. The minimum Gasteiger partial charge on any atom is -0.0651 e. The molecule has 0 fully saturated rings. The molecular weight excluding hydrogens is 156 g/mol. The molecule has 2 atom stereocenters. The fourth-order valence-corrected chi connectivity index (χ4v) is 2.50. The Morgan fingerprint density at radius 3 is 2.38 bits per heavy atom. The highest BCUT2D eigenvalue weighted by Crippen LogP contribution is 2.31. The molecule has 2 unspecified atom stereocenters. The highest BCUT2D eigenvalue weighted by atomic mass is 14.3. The van der Waals surface area contributed by atoms with Crippen LogP contribution in [0.4, 0.5) is 0 Å². The van der Waals surface area contributed by atoms with Gasteiger partial charge in [-0.3, -0.25) is 0 Å². The average Bonchev–Trinajstić information content (AvgIpc) is 2.17. The highest BCUT2D eigenvalue weighted by Gasteiger charge is 2.22. The van der Waals surface area contributed by atoms with E-state index in [2.05, 4.69) is 38.1 Å². The van der Waals surface area contributed by atoms with Gasteiger partial charge < -0.3 is 0 Å². The molecule has 2 rings (SSSR count). The summed E-state index contributed by atoms with van der Waals surface area (Å²) in [4.78, 5) is 0. The Kier molecular flexibility index (Phi) is 2.39. The van der Waals surface area contributed by atoms with Crippen molar-refractivity contribution in [2.75, 3.05) is 0 Å². The summed E-state index contributed by atoms with van der Waals surface area (Å²) >= 11 is 0. The van der Waals surface area contributed by atoms with Crippen LogP contribution >= 0.6 is 0 Å². The van der Waals surface area contributed by atoms with Gasteiger partial charge in [-0.25, -0.2) is 0 Å². The summed E-state index contributed by atoms with van der Waals surface area (Å²) in [5.41, 5.74) is 3.17. The lowest BCUT2D eigenvalue weighted by atomic mass is 9.76. The van der Waals surface area contributed by atoms with E-state index in [-0.39, 0.29) is 0 Å². The first-order valence-electron chi connectivity index (χ1n) is 5.38. The molecule has 1 aromatic carbocycles. The van der Waals surface area contributed by atoms with Gasteiger partial charge in [-0.2, -0.15) is 0 Å². The molecule has 0 nitrogen and oxygen atoms in total. The van der Waals surface area contributed by atoms with E-state index in [1.807, 2.05) is 0 Å². The Bertz CT molecular complexity index is 288. The first-order valence-corrected chi connectivity index (χ1v) is 5.38. The zero-order valence-corrected chi connectivity index (χ0v) is 8.59. The lowest BCUT2D eigenvalue weighted by Crippen LogP contribution is -2.22. The second-order valence-electron chi connectivity index (χ2n) is 4.32. The first-order chi connectivity index (χ1) is 6.31. The van der Waals surface area contributed by atoms with Crippen molar-refractivity contribution in [2.45, 2.75) is 33.1 Å². The monoisotopic (exact) mass is 174 g/mol. The summed E-state index contributed by atoms with van der Waals surface area (Å²) in [6.07, 6.45) is 3.91. The number of rotatable bonds is 1. The Hall–Kier alpha value is -0.780. The molecule has 0 bridgehead atoms. The Balaban J connectivity index is 2.27. The van der Waals surface area contributed by atoms with Crippen LogP contribution in [0.25, 0.3) is 0 Å². The van der Waals surface area contributed by atoms with Crippen LogP contribution in [0.15, 0.2) is 24.3 Å². The topological polar surface area (TPSA) is 0 Å². The second-order valence-corrected chi connectivity index (χ2v) is 4.32. The fraction of sp³-hybridized carbons (Fsp3) is 0.538. The van der Waals surface area contributed by atoms with Crippen molar-refractivity contribution in [1.82, 2.24) is 0 Å². The summed E-state index contributed by atoms with van der Waals surface area (Å²) in [5.74, 6) is 1.79. The van der Waals surface area contributed by atoms with Gasteiger partial charge in [0, 0.05) is 0 Å². The maximum absolute atomic E-state index is 2.39. The normalized spacial score (nSPS) is 26.9. The van der Waals surface area contributed by atoms with Crippen LogP contribution in [-0.2, 0) is 12.8 Å². The van der Waals surface area contributed by atoms with Crippen molar-refractivity contribution < 1.29 is 0 Å². The predicted octanol–water partition coefficient (Wildman–Crippen LogP) is 3.45. The van der Waals surface area contributed by atoms with E-state index in [0.29, 0.717) is 0 Å². The molecule has 0 aliphatic heterocycles.